The normalized spacial score (nSPS) is 25.6. The highest BCUT2D eigenvalue weighted by Crippen LogP contribution is 2.23. The lowest BCUT2D eigenvalue weighted by molar-refractivity contribution is -0.159. The molecule has 2 fully saturated rings. The van der Waals surface area contributed by atoms with E-state index in [2.05, 4.69) is 10.2 Å². The summed E-state index contributed by atoms with van der Waals surface area (Å²) in [5.41, 5.74) is 1.17. The number of methoxy groups -OCH3 is 1. The Hall–Kier alpha value is -2.08. The third-order valence-electron chi connectivity index (χ3n) is 4.44. The summed E-state index contributed by atoms with van der Waals surface area (Å²) in [7, 11) is 1.65. The van der Waals surface area contributed by atoms with E-state index in [1.54, 1.807) is 18.9 Å². The van der Waals surface area contributed by atoms with Crippen LogP contribution < -0.4 is 10.1 Å². The maximum absolute atomic E-state index is 12.2. The zero-order chi connectivity index (χ0) is 15.7. The van der Waals surface area contributed by atoms with E-state index >= 15 is 0 Å². The van der Waals surface area contributed by atoms with Crippen LogP contribution in [0.3, 0.4) is 0 Å². The molecule has 22 heavy (non-hydrogen) atoms. The Labute approximate surface area is 130 Å². The maximum atomic E-state index is 12.2. The van der Waals surface area contributed by atoms with E-state index in [4.69, 9.17) is 4.74 Å². The van der Waals surface area contributed by atoms with Gasteiger partial charge in [0.2, 0.25) is 11.8 Å². The number of fused-ring (bicyclic) bond motifs is 1. The molecule has 2 amide bonds. The topological polar surface area (TPSA) is 61.9 Å². The average molecular weight is 303 g/mol. The molecule has 0 spiro atoms. The molecule has 2 heterocycles. The van der Waals surface area contributed by atoms with E-state index in [-0.39, 0.29) is 18.0 Å². The van der Waals surface area contributed by atoms with Crippen molar-refractivity contribution in [2.45, 2.75) is 32.1 Å². The molecule has 6 heteroatoms. The summed E-state index contributed by atoms with van der Waals surface area (Å²) >= 11 is 0. The minimum Gasteiger partial charge on any atom is -0.497 e. The molecule has 6 nitrogen and oxygen atoms in total. The van der Waals surface area contributed by atoms with E-state index in [1.165, 1.54) is 5.56 Å². The molecule has 0 saturated carbocycles. The quantitative estimate of drug-likeness (QED) is 0.887. The van der Waals surface area contributed by atoms with Gasteiger partial charge in [-0.2, -0.15) is 0 Å². The lowest BCUT2D eigenvalue weighted by atomic mass is 10.1. The summed E-state index contributed by atoms with van der Waals surface area (Å²) in [5, 5.41) is 2.89. The number of rotatable bonds is 3. The van der Waals surface area contributed by atoms with Gasteiger partial charge in [0.15, 0.2) is 0 Å². The van der Waals surface area contributed by atoms with Crippen molar-refractivity contribution in [3.05, 3.63) is 29.8 Å². The van der Waals surface area contributed by atoms with Crippen LogP contribution in [-0.4, -0.2) is 54.0 Å². The number of piperazine rings is 1. The van der Waals surface area contributed by atoms with Crippen LogP contribution in [0.2, 0.25) is 0 Å². The standard InChI is InChI=1S/C16H21N3O3/c1-11-16(21)17-9-14-18(8-7-15(20)19(11)14)10-12-3-5-13(22-2)6-4-12/h3-6,11,14H,7-10H2,1-2H3,(H,17,21). The van der Waals surface area contributed by atoms with Crippen LogP contribution in [0.5, 0.6) is 5.75 Å². The summed E-state index contributed by atoms with van der Waals surface area (Å²) in [5.74, 6) is 0.826. The van der Waals surface area contributed by atoms with E-state index in [0.717, 1.165) is 12.3 Å². The van der Waals surface area contributed by atoms with Gasteiger partial charge in [-0.1, -0.05) is 12.1 Å². The molecule has 1 N–H and O–H groups in total. The predicted octanol–water partition coefficient (Wildman–Crippen LogP) is 0.574. The highest BCUT2D eigenvalue weighted by molar-refractivity contribution is 5.89. The lowest BCUT2D eigenvalue weighted by Gasteiger charge is -2.48. The summed E-state index contributed by atoms with van der Waals surface area (Å²) in [6, 6.07) is 7.54. The fourth-order valence-electron chi connectivity index (χ4n) is 3.18. The summed E-state index contributed by atoms with van der Waals surface area (Å²) in [4.78, 5) is 27.9. The molecule has 2 aliphatic rings. The minimum atomic E-state index is -0.398. The number of hydrogen-bond donors (Lipinski definition) is 1. The van der Waals surface area contributed by atoms with Crippen LogP contribution in [0.4, 0.5) is 0 Å². The number of hydrogen-bond acceptors (Lipinski definition) is 4. The molecule has 0 aromatic heterocycles. The Bertz CT molecular complexity index is 573. The summed E-state index contributed by atoms with van der Waals surface area (Å²) < 4.78 is 5.17. The molecule has 2 unspecified atom stereocenters. The van der Waals surface area contributed by atoms with Gasteiger partial charge in [-0.15, -0.1) is 0 Å². The first-order valence-corrected chi connectivity index (χ1v) is 7.56. The van der Waals surface area contributed by atoms with E-state index in [0.29, 0.717) is 19.5 Å². The molecule has 2 atom stereocenters. The highest BCUT2D eigenvalue weighted by atomic mass is 16.5. The largest absolute Gasteiger partial charge is 0.497 e. The van der Waals surface area contributed by atoms with Crippen LogP contribution in [0.1, 0.15) is 18.9 Å². The summed E-state index contributed by atoms with van der Waals surface area (Å²) in [6.45, 7) is 3.75. The van der Waals surface area contributed by atoms with Gasteiger partial charge in [-0.05, 0) is 24.6 Å². The van der Waals surface area contributed by atoms with E-state index in [1.807, 2.05) is 24.3 Å². The lowest BCUT2D eigenvalue weighted by Crippen LogP contribution is -2.68. The fourth-order valence-corrected chi connectivity index (χ4v) is 3.18. The van der Waals surface area contributed by atoms with Crippen LogP contribution in [0, 0.1) is 0 Å². The molecule has 0 aliphatic carbocycles. The zero-order valence-electron chi connectivity index (χ0n) is 12.9. The highest BCUT2D eigenvalue weighted by Gasteiger charge is 2.42. The number of carbonyl (C=O) groups is 2. The smallest absolute Gasteiger partial charge is 0.242 e. The minimum absolute atomic E-state index is 0.0592. The van der Waals surface area contributed by atoms with Crippen molar-refractivity contribution >= 4 is 11.8 Å². The van der Waals surface area contributed by atoms with E-state index in [9.17, 15) is 9.59 Å². The van der Waals surface area contributed by atoms with Gasteiger partial charge in [0, 0.05) is 19.5 Å². The van der Waals surface area contributed by atoms with Crippen molar-refractivity contribution in [2.24, 2.45) is 0 Å². The van der Waals surface area contributed by atoms with Gasteiger partial charge in [-0.3, -0.25) is 14.5 Å². The van der Waals surface area contributed by atoms with Crippen molar-refractivity contribution in [3.8, 4) is 5.75 Å². The van der Waals surface area contributed by atoms with Crippen molar-refractivity contribution in [2.75, 3.05) is 20.2 Å². The van der Waals surface area contributed by atoms with Gasteiger partial charge in [0.05, 0.1) is 13.7 Å². The second-order valence-electron chi connectivity index (χ2n) is 5.77. The van der Waals surface area contributed by atoms with Gasteiger partial charge in [-0.25, -0.2) is 0 Å². The Balaban J connectivity index is 1.76. The van der Waals surface area contributed by atoms with Crippen molar-refractivity contribution in [1.82, 2.24) is 15.1 Å². The van der Waals surface area contributed by atoms with Gasteiger partial charge >= 0.3 is 0 Å². The first-order valence-electron chi connectivity index (χ1n) is 7.56. The first-order chi connectivity index (χ1) is 10.6. The molecule has 2 saturated heterocycles. The molecule has 0 radical (unpaired) electrons. The number of nitrogens with zero attached hydrogens (tertiary/aromatic N) is 2. The number of benzene rings is 1. The number of amides is 2. The van der Waals surface area contributed by atoms with Crippen LogP contribution >= 0.6 is 0 Å². The second kappa shape index (κ2) is 5.96. The molecule has 0 bridgehead atoms. The first kappa shape index (κ1) is 14.8. The van der Waals surface area contributed by atoms with Crippen molar-refractivity contribution < 1.29 is 14.3 Å². The molecule has 1 aromatic carbocycles. The molecule has 3 rings (SSSR count). The maximum Gasteiger partial charge on any atom is 0.242 e. The van der Waals surface area contributed by atoms with Gasteiger partial charge < -0.3 is 15.0 Å². The van der Waals surface area contributed by atoms with Gasteiger partial charge in [0.1, 0.15) is 18.0 Å². The molecule has 2 aliphatic heterocycles. The molecular formula is C16H21N3O3. The fraction of sp³-hybridized carbons (Fsp3) is 0.500. The molecule has 1 aromatic rings. The molecule has 118 valence electrons. The zero-order valence-corrected chi connectivity index (χ0v) is 12.9. The third-order valence-corrected chi connectivity index (χ3v) is 4.44. The van der Waals surface area contributed by atoms with Gasteiger partial charge in [0.25, 0.3) is 0 Å². The van der Waals surface area contributed by atoms with Crippen molar-refractivity contribution in [1.29, 1.82) is 0 Å². The van der Waals surface area contributed by atoms with Crippen LogP contribution in [0.25, 0.3) is 0 Å². The number of carbonyl (C=O) groups excluding carboxylic acids is 2. The predicted molar refractivity (Wildman–Crippen MR) is 81.1 cm³/mol. The van der Waals surface area contributed by atoms with Crippen molar-refractivity contribution in [3.63, 3.8) is 0 Å². The Morgan fingerprint density at radius 3 is 2.68 bits per heavy atom. The monoisotopic (exact) mass is 303 g/mol. The van der Waals surface area contributed by atoms with E-state index < -0.39 is 6.04 Å². The average Bonchev–Trinajstić information content (AvgIpc) is 2.54. The Kier molecular flexibility index (Phi) is 4.02. The SMILES string of the molecule is COc1ccc(CN2CCC(=O)N3C(C)C(=O)NCC23)cc1. The third kappa shape index (κ3) is 2.66. The van der Waals surface area contributed by atoms with Crippen LogP contribution in [-0.2, 0) is 16.1 Å². The molecular weight excluding hydrogens is 282 g/mol. The second-order valence-corrected chi connectivity index (χ2v) is 5.77. The summed E-state index contributed by atoms with van der Waals surface area (Å²) in [6.07, 6.45) is 0.403. The number of ether oxygens (including phenoxy) is 1. The Morgan fingerprint density at radius 2 is 2.00 bits per heavy atom. The number of nitrogens with one attached hydrogen (secondary N) is 1. The van der Waals surface area contributed by atoms with Crippen LogP contribution in [0.15, 0.2) is 24.3 Å². The Morgan fingerprint density at radius 1 is 1.27 bits per heavy atom.